The number of carbonyl (C=O) groups excluding carboxylic acids is 1. The first-order valence-corrected chi connectivity index (χ1v) is 6.79. The molecule has 1 unspecified atom stereocenters. The molecule has 1 N–H and O–H groups in total. The smallest absolute Gasteiger partial charge is 0.254 e. The van der Waals surface area contributed by atoms with E-state index in [0.717, 1.165) is 0 Å². The Balaban J connectivity index is 1.95. The molecule has 0 heterocycles. The van der Waals surface area contributed by atoms with Gasteiger partial charge in [-0.1, -0.05) is 15.9 Å². The molecule has 98 valence electrons. The zero-order chi connectivity index (χ0) is 13.1. The molecule has 0 radical (unpaired) electrons. The van der Waals surface area contributed by atoms with Gasteiger partial charge in [0.2, 0.25) is 0 Å². The van der Waals surface area contributed by atoms with Crippen LogP contribution in [0.1, 0.15) is 23.2 Å². The molecule has 0 aromatic heterocycles. The van der Waals surface area contributed by atoms with Crippen molar-refractivity contribution in [2.45, 2.75) is 17.7 Å². The molecule has 1 aromatic carbocycles. The van der Waals surface area contributed by atoms with Gasteiger partial charge >= 0.3 is 0 Å². The van der Waals surface area contributed by atoms with Crippen molar-refractivity contribution in [3.8, 4) is 5.75 Å². The van der Waals surface area contributed by atoms with E-state index in [1.807, 2.05) is 0 Å². The highest BCUT2D eigenvalue weighted by Crippen LogP contribution is 2.36. The van der Waals surface area contributed by atoms with Crippen molar-refractivity contribution in [1.82, 2.24) is 5.32 Å². The lowest BCUT2D eigenvalue weighted by Crippen LogP contribution is -2.30. The van der Waals surface area contributed by atoms with E-state index in [1.54, 1.807) is 6.07 Å². The van der Waals surface area contributed by atoms with Crippen LogP contribution in [-0.4, -0.2) is 24.4 Å². The van der Waals surface area contributed by atoms with Gasteiger partial charge in [-0.15, -0.1) is 0 Å². The third kappa shape index (κ3) is 3.22. The predicted octanol–water partition coefficient (Wildman–Crippen LogP) is 2.74. The number of benzene rings is 1. The fourth-order valence-corrected chi connectivity index (χ4v) is 2.41. The molecule has 0 bridgehead atoms. The fourth-order valence-electron chi connectivity index (χ4n) is 1.72. The second-order valence-electron chi connectivity index (χ2n) is 4.41. The summed E-state index contributed by atoms with van der Waals surface area (Å²) in [6, 6.07) is 4.22. The highest BCUT2D eigenvalue weighted by Gasteiger charge is 2.29. The molecule has 1 saturated carbocycles. The fraction of sp³-hybridized carbons (Fsp3) is 0.462. The lowest BCUT2D eigenvalue weighted by atomic mass is 10.2. The van der Waals surface area contributed by atoms with E-state index >= 15 is 0 Å². The highest BCUT2D eigenvalue weighted by atomic mass is 79.9. The third-order valence-electron chi connectivity index (χ3n) is 3.01. The second-order valence-corrected chi connectivity index (χ2v) is 5.59. The van der Waals surface area contributed by atoms with Crippen LogP contribution in [0.15, 0.2) is 18.2 Å². The molecule has 1 aliphatic rings. The van der Waals surface area contributed by atoms with Crippen LogP contribution in [0, 0.1) is 11.7 Å². The van der Waals surface area contributed by atoms with E-state index in [0.29, 0.717) is 18.2 Å². The molecule has 18 heavy (non-hydrogen) atoms. The van der Waals surface area contributed by atoms with Crippen molar-refractivity contribution >= 4 is 21.8 Å². The molecule has 5 heteroatoms. The van der Waals surface area contributed by atoms with E-state index in [9.17, 15) is 9.18 Å². The maximum absolute atomic E-state index is 13.6. The van der Waals surface area contributed by atoms with Crippen molar-refractivity contribution in [2.75, 3.05) is 13.7 Å². The van der Waals surface area contributed by atoms with Gasteiger partial charge in [-0.2, -0.15) is 0 Å². The van der Waals surface area contributed by atoms with Crippen molar-refractivity contribution < 1.29 is 13.9 Å². The van der Waals surface area contributed by atoms with Crippen molar-refractivity contribution in [3.05, 3.63) is 29.6 Å². The number of nitrogens with one attached hydrogen (secondary N) is 1. The number of amides is 1. The zero-order valence-corrected chi connectivity index (χ0v) is 11.7. The van der Waals surface area contributed by atoms with Gasteiger partial charge in [0.1, 0.15) is 11.6 Å². The van der Waals surface area contributed by atoms with Crippen LogP contribution in [0.2, 0.25) is 0 Å². The van der Waals surface area contributed by atoms with Gasteiger partial charge in [-0.3, -0.25) is 4.79 Å². The first-order valence-electron chi connectivity index (χ1n) is 5.87. The van der Waals surface area contributed by atoms with Gasteiger partial charge in [0.25, 0.3) is 5.91 Å². The second kappa shape index (κ2) is 5.69. The summed E-state index contributed by atoms with van der Waals surface area (Å²) in [5.74, 6) is 0.0936. The Morgan fingerprint density at radius 1 is 1.61 bits per heavy atom. The standard InChI is InChI=1S/C13H15BrFNO2/c1-18-9-4-5-10(12(15)6-9)13(17)16-7-11(14)8-2-3-8/h4-6,8,11H,2-3,7H2,1H3,(H,16,17). The maximum atomic E-state index is 13.6. The molecule has 0 saturated heterocycles. The summed E-state index contributed by atoms with van der Waals surface area (Å²) in [7, 11) is 1.46. The summed E-state index contributed by atoms with van der Waals surface area (Å²) in [5.41, 5.74) is 0.0475. The first-order chi connectivity index (χ1) is 8.61. The van der Waals surface area contributed by atoms with Gasteiger partial charge in [0.15, 0.2) is 0 Å². The van der Waals surface area contributed by atoms with Crippen LogP contribution in [0.25, 0.3) is 0 Å². The summed E-state index contributed by atoms with van der Waals surface area (Å²) in [6.07, 6.45) is 2.39. The molecule has 1 fully saturated rings. The normalized spacial score (nSPS) is 16.2. The van der Waals surface area contributed by atoms with Crippen molar-refractivity contribution in [1.29, 1.82) is 0 Å². The molecule has 0 spiro atoms. The average molecular weight is 316 g/mol. The summed E-state index contributed by atoms with van der Waals surface area (Å²) < 4.78 is 18.5. The molecule has 1 aliphatic carbocycles. The van der Waals surface area contributed by atoms with Crippen LogP contribution in [0.4, 0.5) is 4.39 Å². The Morgan fingerprint density at radius 3 is 2.89 bits per heavy atom. The average Bonchev–Trinajstić information content (AvgIpc) is 3.19. The summed E-state index contributed by atoms with van der Waals surface area (Å²) in [6.45, 7) is 0.523. The van der Waals surface area contributed by atoms with Gasteiger partial charge in [0.05, 0.1) is 12.7 Å². The number of methoxy groups -OCH3 is 1. The lowest BCUT2D eigenvalue weighted by Gasteiger charge is -2.10. The van der Waals surface area contributed by atoms with E-state index < -0.39 is 5.82 Å². The van der Waals surface area contributed by atoms with E-state index in [-0.39, 0.29) is 16.3 Å². The zero-order valence-electron chi connectivity index (χ0n) is 10.1. The lowest BCUT2D eigenvalue weighted by molar-refractivity contribution is 0.0949. The van der Waals surface area contributed by atoms with Gasteiger partial charge < -0.3 is 10.1 Å². The van der Waals surface area contributed by atoms with Crippen molar-refractivity contribution in [2.24, 2.45) is 5.92 Å². The van der Waals surface area contributed by atoms with E-state index in [1.165, 1.54) is 32.1 Å². The van der Waals surface area contributed by atoms with E-state index in [2.05, 4.69) is 21.2 Å². The maximum Gasteiger partial charge on any atom is 0.254 e. The van der Waals surface area contributed by atoms with E-state index in [4.69, 9.17) is 4.74 Å². The number of hydrogen-bond donors (Lipinski definition) is 1. The summed E-state index contributed by atoms with van der Waals surface area (Å²) in [5, 5.41) is 2.73. The summed E-state index contributed by atoms with van der Waals surface area (Å²) >= 11 is 3.52. The molecule has 1 amide bonds. The SMILES string of the molecule is COc1ccc(C(=O)NCC(Br)C2CC2)c(F)c1. The molecule has 2 rings (SSSR count). The molecule has 1 atom stereocenters. The Labute approximate surface area is 114 Å². The molecule has 1 aromatic rings. The van der Waals surface area contributed by atoms with Crippen LogP contribution < -0.4 is 10.1 Å². The Hall–Kier alpha value is -1.10. The highest BCUT2D eigenvalue weighted by molar-refractivity contribution is 9.09. The molecule has 3 nitrogen and oxygen atoms in total. The number of rotatable bonds is 5. The van der Waals surface area contributed by atoms with Crippen LogP contribution in [0.3, 0.4) is 0 Å². The Kier molecular flexibility index (Phi) is 4.22. The Bertz CT molecular complexity index is 449. The number of ether oxygens (including phenoxy) is 1. The minimum absolute atomic E-state index is 0.0475. The predicted molar refractivity (Wildman–Crippen MR) is 70.7 cm³/mol. The first kappa shape index (κ1) is 13.3. The number of alkyl halides is 1. The minimum Gasteiger partial charge on any atom is -0.497 e. The minimum atomic E-state index is -0.565. The largest absolute Gasteiger partial charge is 0.497 e. The molecule has 0 aliphatic heterocycles. The van der Waals surface area contributed by atoms with Gasteiger partial charge in [0, 0.05) is 17.4 Å². The molecular formula is C13H15BrFNO2. The number of hydrogen-bond acceptors (Lipinski definition) is 2. The monoisotopic (exact) mass is 315 g/mol. The van der Waals surface area contributed by atoms with Crippen LogP contribution >= 0.6 is 15.9 Å². The Morgan fingerprint density at radius 2 is 2.33 bits per heavy atom. The number of halogens is 2. The quantitative estimate of drug-likeness (QED) is 0.848. The molecular weight excluding hydrogens is 301 g/mol. The summed E-state index contributed by atoms with van der Waals surface area (Å²) in [4.78, 5) is 12.1. The van der Waals surface area contributed by atoms with Gasteiger partial charge in [-0.25, -0.2) is 4.39 Å². The van der Waals surface area contributed by atoms with Crippen LogP contribution in [0.5, 0.6) is 5.75 Å². The van der Waals surface area contributed by atoms with Crippen LogP contribution in [-0.2, 0) is 0 Å². The third-order valence-corrected chi connectivity index (χ3v) is 4.08. The van der Waals surface area contributed by atoms with Crippen molar-refractivity contribution in [3.63, 3.8) is 0 Å². The topological polar surface area (TPSA) is 38.3 Å². The van der Waals surface area contributed by atoms with Gasteiger partial charge in [-0.05, 0) is 30.9 Å². The number of carbonyl (C=O) groups is 1.